The van der Waals surface area contributed by atoms with Crippen LogP contribution in [0.4, 0.5) is 5.13 Å². The van der Waals surface area contributed by atoms with Crippen molar-refractivity contribution in [3.05, 3.63) is 22.0 Å². The summed E-state index contributed by atoms with van der Waals surface area (Å²) in [5, 5.41) is 16.7. The fourth-order valence-electron chi connectivity index (χ4n) is 3.54. The number of thiophene rings is 1. The summed E-state index contributed by atoms with van der Waals surface area (Å²) < 4.78 is 8.11. The molecule has 1 N–H and O–H groups in total. The van der Waals surface area contributed by atoms with E-state index in [1.807, 2.05) is 16.0 Å². The van der Waals surface area contributed by atoms with E-state index in [1.54, 1.807) is 29.3 Å². The highest BCUT2D eigenvalue weighted by atomic mass is 32.2. The summed E-state index contributed by atoms with van der Waals surface area (Å²) in [7, 11) is 0. The second kappa shape index (κ2) is 8.32. The average Bonchev–Trinajstić information content (AvgIpc) is 3.50. The second-order valence-electron chi connectivity index (χ2n) is 7.37. The van der Waals surface area contributed by atoms with Crippen LogP contribution >= 0.6 is 46.2 Å². The lowest BCUT2D eigenvalue weighted by atomic mass is 9.90. The maximum Gasteiger partial charge on any atom is 0.236 e. The molecular formula is C19H20N6O2S4. The Morgan fingerprint density at radius 2 is 2.26 bits per heavy atom. The smallest absolute Gasteiger partial charge is 0.236 e. The lowest BCUT2D eigenvalue weighted by molar-refractivity contribution is -0.113. The minimum absolute atomic E-state index is 0.125. The van der Waals surface area contributed by atoms with Crippen LogP contribution in [-0.4, -0.2) is 48.1 Å². The summed E-state index contributed by atoms with van der Waals surface area (Å²) in [4.78, 5) is 23.5. The van der Waals surface area contributed by atoms with Gasteiger partial charge in [0, 0.05) is 22.9 Å². The summed E-state index contributed by atoms with van der Waals surface area (Å²) in [6.07, 6.45) is 5.43. The molecule has 0 spiro atoms. The predicted molar refractivity (Wildman–Crippen MR) is 127 cm³/mol. The van der Waals surface area contributed by atoms with Crippen LogP contribution in [0.2, 0.25) is 0 Å². The fraction of sp³-hybridized carbons (Fsp3) is 0.421. The highest BCUT2D eigenvalue weighted by molar-refractivity contribution is 8.00. The maximum absolute atomic E-state index is 12.3. The number of amides is 1. The normalized spacial score (nSPS) is 18.5. The Bertz CT molecular complexity index is 1270. The summed E-state index contributed by atoms with van der Waals surface area (Å²) in [5.41, 5.74) is 1.89. The molecule has 1 atom stereocenters. The third kappa shape index (κ3) is 3.84. The predicted octanol–water partition coefficient (Wildman–Crippen LogP) is 4.49. The molecule has 0 saturated heterocycles. The van der Waals surface area contributed by atoms with Gasteiger partial charge in [-0.05, 0) is 25.2 Å². The largest absolute Gasteiger partial charge is 0.369 e. The van der Waals surface area contributed by atoms with Crippen molar-refractivity contribution in [2.75, 3.05) is 17.3 Å². The highest BCUT2D eigenvalue weighted by Crippen LogP contribution is 2.42. The van der Waals surface area contributed by atoms with Gasteiger partial charge in [-0.2, -0.15) is 0 Å². The first-order valence-corrected chi connectivity index (χ1v) is 13.6. The topological polar surface area (TPSA) is 94.3 Å². The monoisotopic (exact) mass is 492 g/mol. The molecule has 5 rings (SSSR count). The second-order valence-corrected chi connectivity index (χ2v) is 11.1. The fourth-order valence-corrected chi connectivity index (χ4v) is 6.57. The number of rotatable bonds is 6. The molecule has 4 aromatic heterocycles. The van der Waals surface area contributed by atoms with Crippen molar-refractivity contribution in [1.29, 1.82) is 0 Å². The van der Waals surface area contributed by atoms with Gasteiger partial charge in [0.05, 0.1) is 23.3 Å². The van der Waals surface area contributed by atoms with Crippen LogP contribution in [-0.2, 0) is 22.6 Å². The van der Waals surface area contributed by atoms with Gasteiger partial charge in [-0.1, -0.05) is 30.4 Å². The first kappa shape index (κ1) is 21.1. The number of thiazole rings is 1. The lowest BCUT2D eigenvalue weighted by Crippen LogP contribution is -2.33. The van der Waals surface area contributed by atoms with E-state index in [-0.39, 0.29) is 17.3 Å². The SMILES string of the molecule is CCC1(C)Cc2c(sc3nc(SC)n4c(SCC(=O)Nc5nccs5)nnc4c23)CO1. The van der Waals surface area contributed by atoms with Crippen LogP contribution in [0.15, 0.2) is 21.9 Å². The van der Waals surface area contributed by atoms with E-state index >= 15 is 0 Å². The Kier molecular flexibility index (Phi) is 5.67. The van der Waals surface area contributed by atoms with Crippen molar-refractivity contribution in [3.8, 4) is 0 Å². The van der Waals surface area contributed by atoms with Gasteiger partial charge in [0.2, 0.25) is 5.91 Å². The highest BCUT2D eigenvalue weighted by Gasteiger charge is 2.33. The van der Waals surface area contributed by atoms with Gasteiger partial charge in [0.25, 0.3) is 0 Å². The summed E-state index contributed by atoms with van der Waals surface area (Å²) in [6.45, 7) is 4.92. The van der Waals surface area contributed by atoms with Crippen LogP contribution < -0.4 is 5.32 Å². The number of hydrogen-bond donors (Lipinski definition) is 1. The van der Waals surface area contributed by atoms with Gasteiger partial charge in [0.1, 0.15) is 4.83 Å². The molecule has 31 heavy (non-hydrogen) atoms. The van der Waals surface area contributed by atoms with E-state index in [4.69, 9.17) is 9.72 Å². The van der Waals surface area contributed by atoms with Crippen LogP contribution in [0.25, 0.3) is 15.9 Å². The van der Waals surface area contributed by atoms with E-state index < -0.39 is 0 Å². The van der Waals surface area contributed by atoms with E-state index in [2.05, 4.69) is 34.3 Å². The Hall–Kier alpha value is -1.73. The molecule has 0 saturated carbocycles. The molecule has 1 aliphatic rings. The molecule has 1 unspecified atom stereocenters. The zero-order valence-electron chi connectivity index (χ0n) is 17.2. The molecule has 0 radical (unpaired) electrons. The summed E-state index contributed by atoms with van der Waals surface area (Å²) in [5.74, 6) is 0.0932. The molecule has 5 heterocycles. The third-order valence-corrected chi connectivity index (χ3v) is 8.72. The van der Waals surface area contributed by atoms with Gasteiger partial charge >= 0.3 is 0 Å². The van der Waals surface area contributed by atoms with E-state index in [9.17, 15) is 4.79 Å². The average molecular weight is 493 g/mol. The Labute approximate surface area is 195 Å². The summed E-state index contributed by atoms with van der Waals surface area (Å²) >= 11 is 5.96. The van der Waals surface area contributed by atoms with Crippen molar-refractivity contribution in [2.24, 2.45) is 0 Å². The lowest BCUT2D eigenvalue weighted by Gasteiger charge is -2.32. The van der Waals surface area contributed by atoms with Crippen LogP contribution in [0.5, 0.6) is 0 Å². The van der Waals surface area contributed by atoms with Crippen LogP contribution in [0, 0.1) is 0 Å². The van der Waals surface area contributed by atoms with E-state index in [0.29, 0.717) is 16.9 Å². The number of thioether (sulfide) groups is 2. The first-order valence-electron chi connectivity index (χ1n) is 9.71. The molecule has 0 fully saturated rings. The zero-order chi connectivity index (χ0) is 21.6. The van der Waals surface area contributed by atoms with Crippen molar-refractivity contribution in [2.45, 2.75) is 49.2 Å². The number of ether oxygens (including phenoxy) is 1. The summed E-state index contributed by atoms with van der Waals surface area (Å²) in [6, 6.07) is 0. The molecular weight excluding hydrogens is 473 g/mol. The van der Waals surface area contributed by atoms with Crippen LogP contribution in [0.1, 0.15) is 30.7 Å². The van der Waals surface area contributed by atoms with Crippen molar-refractivity contribution < 1.29 is 9.53 Å². The Morgan fingerprint density at radius 3 is 3.00 bits per heavy atom. The molecule has 0 bridgehead atoms. The molecule has 162 valence electrons. The number of aromatic nitrogens is 5. The van der Waals surface area contributed by atoms with Crippen molar-refractivity contribution in [1.82, 2.24) is 24.6 Å². The molecule has 1 amide bonds. The Morgan fingerprint density at radius 1 is 1.39 bits per heavy atom. The first-order chi connectivity index (χ1) is 15.0. The minimum atomic E-state index is -0.179. The minimum Gasteiger partial charge on any atom is -0.369 e. The van der Waals surface area contributed by atoms with Gasteiger partial charge in [-0.25, -0.2) is 14.4 Å². The van der Waals surface area contributed by atoms with Crippen LogP contribution in [0.3, 0.4) is 0 Å². The maximum atomic E-state index is 12.3. The van der Waals surface area contributed by atoms with E-state index in [1.165, 1.54) is 33.5 Å². The number of hydrogen-bond acceptors (Lipinski definition) is 10. The standard InChI is InChI=1S/C19H20N6O2S4/c1-4-19(2)7-10-11(8-27-19)31-15-13(10)14-23-24-18(25(14)17(22-15)28-3)30-9-12(26)21-16-20-5-6-29-16/h5-6H,4,7-9H2,1-3H3,(H,20,21,26). The zero-order valence-corrected chi connectivity index (χ0v) is 20.4. The van der Waals surface area contributed by atoms with E-state index in [0.717, 1.165) is 33.9 Å². The molecule has 0 aromatic carbocycles. The molecule has 1 aliphatic heterocycles. The Balaban J connectivity index is 1.52. The van der Waals surface area contributed by atoms with Crippen molar-refractivity contribution >= 4 is 73.1 Å². The van der Waals surface area contributed by atoms with Gasteiger partial charge in [0.15, 0.2) is 21.1 Å². The van der Waals surface area contributed by atoms with Gasteiger partial charge < -0.3 is 10.1 Å². The van der Waals surface area contributed by atoms with Gasteiger partial charge in [-0.15, -0.1) is 32.9 Å². The number of nitrogens with one attached hydrogen (secondary N) is 1. The third-order valence-electron chi connectivity index (χ3n) is 5.36. The number of nitrogens with zero attached hydrogens (tertiary/aromatic N) is 5. The molecule has 8 nitrogen and oxygen atoms in total. The molecule has 12 heteroatoms. The van der Waals surface area contributed by atoms with Crippen molar-refractivity contribution in [3.63, 3.8) is 0 Å². The van der Waals surface area contributed by atoms with Gasteiger partial charge in [-0.3, -0.25) is 4.79 Å². The number of carbonyl (C=O) groups is 1. The quantitative estimate of drug-likeness (QED) is 0.311. The molecule has 4 aromatic rings. The number of fused-ring (bicyclic) bond motifs is 5. The number of carbonyl (C=O) groups excluding carboxylic acids is 1. The molecule has 0 aliphatic carbocycles. The number of anilines is 1.